The summed E-state index contributed by atoms with van der Waals surface area (Å²) in [6.07, 6.45) is 1.91. The molecular weight excluding hydrogens is 278 g/mol. The van der Waals surface area contributed by atoms with Crippen LogP contribution in [0, 0.1) is 20.8 Å². The summed E-state index contributed by atoms with van der Waals surface area (Å²) in [5.41, 5.74) is 4.05. The fourth-order valence-corrected chi connectivity index (χ4v) is 2.87. The predicted molar refractivity (Wildman–Crippen MR) is 84.9 cm³/mol. The fraction of sp³-hybridized carbons (Fsp3) is 0.412. The Morgan fingerprint density at radius 3 is 2.77 bits per heavy atom. The van der Waals surface area contributed by atoms with Gasteiger partial charge in [-0.2, -0.15) is 0 Å². The van der Waals surface area contributed by atoms with Gasteiger partial charge < -0.3 is 14.7 Å². The molecule has 5 nitrogen and oxygen atoms in total. The van der Waals surface area contributed by atoms with Crippen molar-refractivity contribution in [3.8, 4) is 0 Å². The second-order valence-electron chi connectivity index (χ2n) is 5.94. The molecule has 1 aliphatic rings. The molecule has 0 spiro atoms. The number of urea groups is 1. The highest BCUT2D eigenvalue weighted by Crippen LogP contribution is 2.32. The topological polar surface area (TPSA) is 58.4 Å². The molecule has 3 rings (SSSR count). The Labute approximate surface area is 130 Å². The van der Waals surface area contributed by atoms with Crippen molar-refractivity contribution in [2.75, 3.05) is 11.9 Å². The van der Waals surface area contributed by atoms with Crippen molar-refractivity contribution in [2.24, 2.45) is 0 Å². The first-order valence-corrected chi connectivity index (χ1v) is 7.62. The fourth-order valence-electron chi connectivity index (χ4n) is 2.87. The molecule has 1 N–H and O–H groups in total. The Kier molecular flexibility index (Phi) is 3.88. The second kappa shape index (κ2) is 5.83. The highest BCUT2D eigenvalue weighted by Gasteiger charge is 2.32. The minimum atomic E-state index is -0.0774. The number of carbonyl (C=O) groups is 1. The Hall–Kier alpha value is -2.30. The Bertz CT molecular complexity index is 693. The Balaban J connectivity index is 1.74. The number of nitrogens with zero attached hydrogens (tertiary/aromatic N) is 2. The predicted octanol–water partition coefficient (Wildman–Crippen LogP) is 3.97. The number of aryl methyl sites for hydroxylation is 3. The van der Waals surface area contributed by atoms with Crippen LogP contribution in [-0.2, 0) is 0 Å². The number of rotatable bonds is 2. The molecule has 1 aliphatic heterocycles. The zero-order valence-corrected chi connectivity index (χ0v) is 13.2. The van der Waals surface area contributed by atoms with Gasteiger partial charge in [0, 0.05) is 18.3 Å². The van der Waals surface area contributed by atoms with Crippen molar-refractivity contribution >= 4 is 11.7 Å². The summed E-state index contributed by atoms with van der Waals surface area (Å²) >= 11 is 0. The van der Waals surface area contributed by atoms with Gasteiger partial charge in [0.05, 0.1) is 6.04 Å². The van der Waals surface area contributed by atoms with Gasteiger partial charge in [-0.25, -0.2) is 4.79 Å². The van der Waals surface area contributed by atoms with Gasteiger partial charge in [0.1, 0.15) is 11.5 Å². The summed E-state index contributed by atoms with van der Waals surface area (Å²) in [4.78, 5) is 14.4. The van der Waals surface area contributed by atoms with Gasteiger partial charge in [-0.1, -0.05) is 11.2 Å². The van der Waals surface area contributed by atoms with Crippen LogP contribution in [0.3, 0.4) is 0 Å². The smallest absolute Gasteiger partial charge is 0.322 e. The summed E-state index contributed by atoms with van der Waals surface area (Å²) < 4.78 is 5.14. The second-order valence-corrected chi connectivity index (χ2v) is 5.94. The van der Waals surface area contributed by atoms with Crippen molar-refractivity contribution in [3.05, 3.63) is 46.8 Å². The van der Waals surface area contributed by atoms with Crippen LogP contribution in [0.4, 0.5) is 10.5 Å². The average Bonchev–Trinajstić information content (AvgIpc) is 3.11. The van der Waals surface area contributed by atoms with Crippen LogP contribution in [0.1, 0.15) is 41.5 Å². The lowest BCUT2D eigenvalue weighted by Gasteiger charge is -2.23. The van der Waals surface area contributed by atoms with Gasteiger partial charge in [-0.05, 0) is 56.9 Å². The third kappa shape index (κ3) is 2.84. The van der Waals surface area contributed by atoms with Crippen molar-refractivity contribution < 1.29 is 9.32 Å². The van der Waals surface area contributed by atoms with E-state index in [9.17, 15) is 4.79 Å². The van der Waals surface area contributed by atoms with Gasteiger partial charge in [0.25, 0.3) is 0 Å². The first-order valence-electron chi connectivity index (χ1n) is 7.62. The minimum Gasteiger partial charge on any atom is -0.361 e. The molecule has 0 unspecified atom stereocenters. The maximum atomic E-state index is 12.6. The average molecular weight is 299 g/mol. The van der Waals surface area contributed by atoms with Crippen LogP contribution in [0.2, 0.25) is 0 Å². The van der Waals surface area contributed by atoms with E-state index in [2.05, 4.69) is 17.4 Å². The first-order chi connectivity index (χ1) is 10.5. The van der Waals surface area contributed by atoms with Gasteiger partial charge in [0.2, 0.25) is 0 Å². The molecule has 116 valence electrons. The highest BCUT2D eigenvalue weighted by molar-refractivity contribution is 5.90. The number of carbonyl (C=O) groups excluding carboxylic acids is 1. The van der Waals surface area contributed by atoms with Crippen LogP contribution in [0.5, 0.6) is 0 Å². The monoisotopic (exact) mass is 299 g/mol. The van der Waals surface area contributed by atoms with Crippen LogP contribution in [0.15, 0.2) is 28.8 Å². The van der Waals surface area contributed by atoms with E-state index in [1.807, 2.05) is 43.0 Å². The van der Waals surface area contributed by atoms with Crippen molar-refractivity contribution in [1.82, 2.24) is 10.1 Å². The maximum Gasteiger partial charge on any atom is 0.322 e. The van der Waals surface area contributed by atoms with Gasteiger partial charge in [-0.15, -0.1) is 0 Å². The summed E-state index contributed by atoms with van der Waals surface area (Å²) in [5, 5.41) is 7.05. The molecule has 1 aromatic heterocycles. The number of hydrogen-bond donors (Lipinski definition) is 1. The third-order valence-electron chi connectivity index (χ3n) is 4.26. The van der Waals surface area contributed by atoms with Gasteiger partial charge >= 0.3 is 6.03 Å². The van der Waals surface area contributed by atoms with E-state index < -0.39 is 0 Å². The lowest BCUT2D eigenvalue weighted by atomic mass is 10.1. The normalized spacial score (nSPS) is 17.8. The van der Waals surface area contributed by atoms with E-state index in [4.69, 9.17) is 4.52 Å². The van der Waals surface area contributed by atoms with Crippen molar-refractivity contribution in [1.29, 1.82) is 0 Å². The zero-order valence-electron chi connectivity index (χ0n) is 13.2. The van der Waals surface area contributed by atoms with E-state index in [1.165, 1.54) is 11.1 Å². The number of hydrogen-bond acceptors (Lipinski definition) is 3. The maximum absolute atomic E-state index is 12.6. The number of nitrogens with one attached hydrogen (secondary N) is 1. The number of benzene rings is 1. The van der Waals surface area contributed by atoms with Crippen LogP contribution >= 0.6 is 0 Å². The van der Waals surface area contributed by atoms with E-state index in [0.717, 1.165) is 36.5 Å². The van der Waals surface area contributed by atoms with Crippen molar-refractivity contribution in [3.63, 3.8) is 0 Å². The molecule has 2 amide bonds. The molecule has 2 heterocycles. The number of amides is 2. The van der Waals surface area contributed by atoms with E-state index in [0.29, 0.717) is 0 Å². The molecule has 0 aliphatic carbocycles. The molecule has 1 atom stereocenters. The summed E-state index contributed by atoms with van der Waals surface area (Å²) in [5.74, 6) is 0.774. The lowest BCUT2D eigenvalue weighted by molar-refractivity contribution is 0.204. The Morgan fingerprint density at radius 2 is 2.09 bits per heavy atom. The summed E-state index contributed by atoms with van der Waals surface area (Å²) in [6, 6.07) is 7.79. The van der Waals surface area contributed by atoms with Crippen LogP contribution in [0.25, 0.3) is 0 Å². The molecule has 1 aromatic carbocycles. The molecule has 1 fully saturated rings. The molecule has 5 heteroatoms. The summed E-state index contributed by atoms with van der Waals surface area (Å²) in [7, 11) is 0. The van der Waals surface area contributed by atoms with Crippen LogP contribution < -0.4 is 5.32 Å². The van der Waals surface area contributed by atoms with Gasteiger partial charge in [0.15, 0.2) is 0 Å². The van der Waals surface area contributed by atoms with Crippen LogP contribution in [-0.4, -0.2) is 22.6 Å². The molecule has 1 saturated heterocycles. The number of anilines is 1. The first kappa shape index (κ1) is 14.6. The molecule has 2 aromatic rings. The summed E-state index contributed by atoms with van der Waals surface area (Å²) in [6.45, 7) is 6.71. The third-order valence-corrected chi connectivity index (χ3v) is 4.26. The van der Waals surface area contributed by atoms with Gasteiger partial charge in [-0.3, -0.25) is 0 Å². The standard InChI is InChI=1S/C17H21N3O2/c1-11-6-7-14(9-12(11)2)18-17(21)20-8-4-5-16(20)15-10-13(3)22-19-15/h6-7,9-10,16H,4-5,8H2,1-3H3,(H,18,21)/t16-/m1/s1. The molecular formula is C17H21N3O2. The number of likely N-dealkylation sites (tertiary alicyclic amines) is 1. The molecule has 0 radical (unpaired) electrons. The van der Waals surface area contributed by atoms with Crippen molar-refractivity contribution in [2.45, 2.75) is 39.7 Å². The molecule has 0 saturated carbocycles. The lowest BCUT2D eigenvalue weighted by Crippen LogP contribution is -2.34. The van der Waals surface area contributed by atoms with E-state index in [1.54, 1.807) is 0 Å². The van der Waals surface area contributed by atoms with E-state index >= 15 is 0 Å². The SMILES string of the molecule is Cc1cc([C@H]2CCCN2C(=O)Nc2ccc(C)c(C)c2)no1. The zero-order chi connectivity index (χ0) is 15.7. The molecule has 22 heavy (non-hydrogen) atoms. The quantitative estimate of drug-likeness (QED) is 0.912. The highest BCUT2D eigenvalue weighted by atomic mass is 16.5. The Morgan fingerprint density at radius 1 is 1.27 bits per heavy atom. The largest absolute Gasteiger partial charge is 0.361 e. The van der Waals surface area contributed by atoms with E-state index in [-0.39, 0.29) is 12.1 Å². The minimum absolute atomic E-state index is 0.00370. The molecule has 0 bridgehead atoms. The number of aromatic nitrogens is 1.